The zero-order valence-corrected chi connectivity index (χ0v) is 7.28. The van der Waals surface area contributed by atoms with Crippen molar-refractivity contribution in [2.45, 2.75) is 37.0 Å². The van der Waals surface area contributed by atoms with Crippen molar-refractivity contribution in [3.05, 3.63) is 0 Å². The molecule has 60 valence electrons. The van der Waals surface area contributed by atoms with Gasteiger partial charge in [-0.3, -0.25) is 0 Å². The summed E-state index contributed by atoms with van der Waals surface area (Å²) in [5, 5.41) is 0. The Morgan fingerprint density at radius 3 is 2.40 bits per heavy atom. The van der Waals surface area contributed by atoms with Crippen LogP contribution in [0, 0.1) is 0 Å². The lowest BCUT2D eigenvalue weighted by Crippen LogP contribution is -2.29. The van der Waals surface area contributed by atoms with Gasteiger partial charge in [0.2, 0.25) is 0 Å². The number of methoxy groups -OCH3 is 1. The number of hydrogen-bond donors (Lipinski definition) is 0. The lowest BCUT2D eigenvalue weighted by atomic mass is 9.89. The van der Waals surface area contributed by atoms with Gasteiger partial charge in [-0.1, -0.05) is 19.3 Å². The van der Waals surface area contributed by atoms with E-state index in [1.54, 1.807) is 7.11 Å². The number of hydrogen-bond acceptors (Lipinski definition) is 1. The standard InChI is InChI=1S/C8H15ClO/c1-10-7-8(9)5-3-2-4-6-8/h2-7H2,1H3. The first-order chi connectivity index (χ1) is 4.77. The fraction of sp³-hybridized carbons (Fsp3) is 1.00. The predicted octanol–water partition coefficient (Wildman–Crippen LogP) is 2.57. The maximum absolute atomic E-state index is 6.25. The molecule has 1 aliphatic carbocycles. The molecule has 1 nitrogen and oxygen atoms in total. The predicted molar refractivity (Wildman–Crippen MR) is 43.5 cm³/mol. The summed E-state index contributed by atoms with van der Waals surface area (Å²) in [7, 11) is 1.72. The summed E-state index contributed by atoms with van der Waals surface area (Å²) >= 11 is 6.25. The Kier molecular flexibility index (Phi) is 2.99. The van der Waals surface area contributed by atoms with E-state index in [-0.39, 0.29) is 4.87 Å². The molecule has 0 atom stereocenters. The highest BCUT2D eigenvalue weighted by Gasteiger charge is 2.28. The van der Waals surface area contributed by atoms with Gasteiger partial charge in [0.15, 0.2) is 0 Å². The summed E-state index contributed by atoms with van der Waals surface area (Å²) in [6.45, 7) is 0.717. The summed E-state index contributed by atoms with van der Waals surface area (Å²) in [5.74, 6) is 0. The monoisotopic (exact) mass is 162 g/mol. The Bertz CT molecular complexity index is 91.9. The molecule has 1 fully saturated rings. The number of rotatable bonds is 2. The number of alkyl halides is 1. The van der Waals surface area contributed by atoms with E-state index < -0.39 is 0 Å². The molecule has 0 aromatic carbocycles. The summed E-state index contributed by atoms with van der Waals surface area (Å²) in [4.78, 5) is -0.0208. The Balaban J connectivity index is 2.32. The van der Waals surface area contributed by atoms with Gasteiger partial charge in [0.1, 0.15) is 0 Å². The van der Waals surface area contributed by atoms with Crippen molar-refractivity contribution in [2.24, 2.45) is 0 Å². The molecule has 1 saturated carbocycles. The third kappa shape index (κ3) is 2.14. The molecule has 2 heteroatoms. The fourth-order valence-corrected chi connectivity index (χ4v) is 1.96. The molecule has 1 rings (SSSR count). The van der Waals surface area contributed by atoms with Gasteiger partial charge in [-0.25, -0.2) is 0 Å². The first-order valence-corrected chi connectivity index (χ1v) is 4.32. The average Bonchev–Trinajstić information content (AvgIpc) is 1.89. The van der Waals surface area contributed by atoms with Crippen molar-refractivity contribution in [3.63, 3.8) is 0 Å². The molecule has 0 aromatic heterocycles. The molecule has 0 saturated heterocycles. The third-order valence-electron chi connectivity index (χ3n) is 2.15. The van der Waals surface area contributed by atoms with E-state index in [0.29, 0.717) is 6.61 Å². The van der Waals surface area contributed by atoms with Crippen molar-refractivity contribution in [2.75, 3.05) is 13.7 Å². The Labute approximate surface area is 67.7 Å². The molecule has 0 aliphatic heterocycles. The molecular weight excluding hydrogens is 148 g/mol. The van der Waals surface area contributed by atoms with Gasteiger partial charge in [-0.05, 0) is 12.8 Å². The van der Waals surface area contributed by atoms with Gasteiger partial charge in [0.25, 0.3) is 0 Å². The highest BCUT2D eigenvalue weighted by molar-refractivity contribution is 6.24. The second-order valence-electron chi connectivity index (χ2n) is 3.14. The first-order valence-electron chi connectivity index (χ1n) is 3.95. The third-order valence-corrected chi connectivity index (χ3v) is 2.64. The van der Waals surface area contributed by atoms with E-state index >= 15 is 0 Å². The molecular formula is C8H15ClO. The molecule has 0 radical (unpaired) electrons. The van der Waals surface area contributed by atoms with Crippen LogP contribution >= 0.6 is 11.6 Å². The Morgan fingerprint density at radius 2 is 1.90 bits per heavy atom. The highest BCUT2D eigenvalue weighted by Crippen LogP contribution is 2.33. The first kappa shape index (κ1) is 8.35. The molecule has 0 unspecified atom stereocenters. The second-order valence-corrected chi connectivity index (χ2v) is 3.95. The Hall–Kier alpha value is 0.250. The lowest BCUT2D eigenvalue weighted by Gasteiger charge is -2.29. The van der Waals surface area contributed by atoms with Crippen LogP contribution in [0.2, 0.25) is 0 Å². The van der Waals surface area contributed by atoms with Gasteiger partial charge >= 0.3 is 0 Å². The van der Waals surface area contributed by atoms with E-state index in [0.717, 1.165) is 12.8 Å². The van der Waals surface area contributed by atoms with Crippen LogP contribution < -0.4 is 0 Å². The molecule has 0 amide bonds. The Morgan fingerprint density at radius 1 is 1.30 bits per heavy atom. The minimum atomic E-state index is -0.0208. The van der Waals surface area contributed by atoms with Crippen molar-refractivity contribution < 1.29 is 4.74 Å². The van der Waals surface area contributed by atoms with Crippen LogP contribution in [0.5, 0.6) is 0 Å². The van der Waals surface area contributed by atoms with Crippen LogP contribution in [0.4, 0.5) is 0 Å². The molecule has 1 aliphatic rings. The SMILES string of the molecule is COCC1(Cl)CCCCC1. The van der Waals surface area contributed by atoms with Gasteiger partial charge in [-0.15, -0.1) is 11.6 Å². The lowest BCUT2D eigenvalue weighted by molar-refractivity contribution is 0.146. The van der Waals surface area contributed by atoms with Crippen LogP contribution in [0.25, 0.3) is 0 Å². The zero-order valence-electron chi connectivity index (χ0n) is 6.53. The van der Waals surface area contributed by atoms with Crippen LogP contribution in [-0.2, 0) is 4.74 Å². The second kappa shape index (κ2) is 3.59. The van der Waals surface area contributed by atoms with Crippen molar-refractivity contribution in [1.29, 1.82) is 0 Å². The summed E-state index contributed by atoms with van der Waals surface area (Å²) in [5.41, 5.74) is 0. The van der Waals surface area contributed by atoms with E-state index in [9.17, 15) is 0 Å². The molecule has 0 N–H and O–H groups in total. The minimum absolute atomic E-state index is 0.0208. The zero-order chi connectivity index (χ0) is 7.45. The topological polar surface area (TPSA) is 9.23 Å². The van der Waals surface area contributed by atoms with Gasteiger partial charge < -0.3 is 4.74 Å². The molecule has 0 heterocycles. The molecule has 0 bridgehead atoms. The van der Waals surface area contributed by atoms with Crippen molar-refractivity contribution >= 4 is 11.6 Å². The van der Waals surface area contributed by atoms with Crippen molar-refractivity contribution in [3.8, 4) is 0 Å². The van der Waals surface area contributed by atoms with Gasteiger partial charge in [-0.2, -0.15) is 0 Å². The minimum Gasteiger partial charge on any atom is -0.383 e. The maximum Gasteiger partial charge on any atom is 0.0679 e. The van der Waals surface area contributed by atoms with E-state index in [4.69, 9.17) is 16.3 Å². The summed E-state index contributed by atoms with van der Waals surface area (Å²) in [6.07, 6.45) is 6.14. The normalized spacial score (nSPS) is 24.6. The van der Waals surface area contributed by atoms with Crippen molar-refractivity contribution in [1.82, 2.24) is 0 Å². The maximum atomic E-state index is 6.25. The largest absolute Gasteiger partial charge is 0.383 e. The number of halogens is 1. The highest BCUT2D eigenvalue weighted by atomic mass is 35.5. The van der Waals surface area contributed by atoms with Gasteiger partial charge in [0.05, 0.1) is 11.5 Å². The smallest absolute Gasteiger partial charge is 0.0679 e. The van der Waals surface area contributed by atoms with Gasteiger partial charge in [0, 0.05) is 7.11 Å². The average molecular weight is 163 g/mol. The molecule has 0 spiro atoms. The van der Waals surface area contributed by atoms with E-state index in [1.165, 1.54) is 19.3 Å². The van der Waals surface area contributed by atoms with Crippen LogP contribution in [0.15, 0.2) is 0 Å². The summed E-state index contributed by atoms with van der Waals surface area (Å²) < 4.78 is 5.05. The van der Waals surface area contributed by atoms with Crippen LogP contribution in [0.3, 0.4) is 0 Å². The summed E-state index contributed by atoms with van der Waals surface area (Å²) in [6, 6.07) is 0. The van der Waals surface area contributed by atoms with Crippen LogP contribution in [0.1, 0.15) is 32.1 Å². The van der Waals surface area contributed by atoms with E-state index in [2.05, 4.69) is 0 Å². The molecule has 10 heavy (non-hydrogen) atoms. The van der Waals surface area contributed by atoms with E-state index in [1.807, 2.05) is 0 Å². The van der Waals surface area contributed by atoms with Crippen LogP contribution in [-0.4, -0.2) is 18.6 Å². The number of ether oxygens (including phenoxy) is 1. The quantitative estimate of drug-likeness (QED) is 0.568. The molecule has 0 aromatic rings. The fourth-order valence-electron chi connectivity index (χ4n) is 1.59.